The fraction of sp³-hybridized carbons (Fsp3) is 0.583. The van der Waals surface area contributed by atoms with Crippen LogP contribution in [0.1, 0.15) is 19.8 Å². The topological polar surface area (TPSA) is 22.9 Å². The van der Waals surface area contributed by atoms with E-state index in [1.165, 1.54) is 19.4 Å². The largest absolute Gasteiger partial charge is 0.329 e. The zero-order valence-corrected chi connectivity index (χ0v) is 10.3. The molecule has 0 spiro atoms. The van der Waals surface area contributed by atoms with E-state index in [1.807, 2.05) is 12.5 Å². The Hall–Kier alpha value is -1.29. The third-order valence-corrected chi connectivity index (χ3v) is 3.15. The van der Waals surface area contributed by atoms with Gasteiger partial charge in [0.15, 0.2) is 6.67 Å². The minimum atomic E-state index is 1.02. The van der Waals surface area contributed by atoms with Crippen LogP contribution in [-0.2, 0) is 6.67 Å². The summed E-state index contributed by atoms with van der Waals surface area (Å²) in [6.07, 6.45) is 13.2. The van der Waals surface area contributed by atoms with Gasteiger partial charge in [0.25, 0.3) is 0 Å². The number of H-pyrrole nitrogens is 1. The summed E-state index contributed by atoms with van der Waals surface area (Å²) in [5.41, 5.74) is 0. The maximum absolute atomic E-state index is 3.10. The third kappa shape index (κ3) is 2.44. The fourth-order valence-corrected chi connectivity index (χ4v) is 2.31. The average Bonchev–Trinajstić information content (AvgIpc) is 2.87. The number of hydrogen-bond donors (Lipinski definition) is 1. The Balaban J connectivity index is 2.06. The van der Waals surface area contributed by atoms with Crippen LogP contribution < -0.4 is 4.57 Å². The average molecular weight is 222 g/mol. The molecule has 0 aromatic carbocycles. The van der Waals surface area contributed by atoms with Gasteiger partial charge in [-0.1, -0.05) is 13.3 Å². The molecule has 0 saturated carbocycles. The molecule has 0 saturated heterocycles. The van der Waals surface area contributed by atoms with Crippen LogP contribution in [0.15, 0.2) is 31.1 Å². The number of aromatic amines is 1. The van der Waals surface area contributed by atoms with E-state index in [-0.39, 0.29) is 0 Å². The first-order valence-corrected chi connectivity index (χ1v) is 6.01. The van der Waals surface area contributed by atoms with Crippen molar-refractivity contribution in [2.75, 3.05) is 20.3 Å². The number of hydrogen-bond acceptors (Lipinski definition) is 1. The van der Waals surface area contributed by atoms with Crippen molar-refractivity contribution >= 4 is 0 Å². The Morgan fingerprint density at radius 3 is 2.94 bits per heavy atom. The maximum Gasteiger partial charge on any atom is 0.246 e. The van der Waals surface area contributed by atoms with Gasteiger partial charge in [-0.25, -0.2) is 4.48 Å². The van der Waals surface area contributed by atoms with Crippen molar-refractivity contribution in [3.8, 4) is 0 Å². The van der Waals surface area contributed by atoms with Crippen molar-refractivity contribution in [2.45, 2.75) is 26.4 Å². The second kappa shape index (κ2) is 4.70. The summed E-state index contributed by atoms with van der Waals surface area (Å²) in [6, 6.07) is 0. The van der Waals surface area contributed by atoms with E-state index in [9.17, 15) is 0 Å². The molecule has 1 atom stereocenters. The predicted octanol–water partition coefficient (Wildman–Crippen LogP) is 1.25. The van der Waals surface area contributed by atoms with Crippen molar-refractivity contribution in [3.63, 3.8) is 0 Å². The van der Waals surface area contributed by atoms with Gasteiger partial charge >= 0.3 is 0 Å². The molecule has 1 aliphatic rings. The molecule has 1 aliphatic heterocycles. The molecule has 0 amide bonds. The van der Waals surface area contributed by atoms with Crippen LogP contribution in [0.3, 0.4) is 0 Å². The van der Waals surface area contributed by atoms with E-state index in [1.54, 1.807) is 0 Å². The van der Waals surface area contributed by atoms with Crippen molar-refractivity contribution in [3.05, 3.63) is 31.1 Å². The summed E-state index contributed by atoms with van der Waals surface area (Å²) in [6.45, 7) is 5.57. The quantitative estimate of drug-likeness (QED) is 0.588. The second-order valence-electron chi connectivity index (χ2n) is 4.76. The van der Waals surface area contributed by atoms with Crippen LogP contribution in [0.4, 0.5) is 0 Å². The Morgan fingerprint density at radius 2 is 2.38 bits per heavy atom. The highest BCUT2D eigenvalue weighted by molar-refractivity contribution is 4.78. The number of aromatic nitrogens is 2. The number of rotatable bonds is 5. The summed E-state index contributed by atoms with van der Waals surface area (Å²) in [7, 11) is 2.14. The zero-order valence-electron chi connectivity index (χ0n) is 10.3. The Kier molecular flexibility index (Phi) is 3.29. The van der Waals surface area contributed by atoms with Gasteiger partial charge in [-0.15, -0.1) is 0 Å². The zero-order chi connectivity index (χ0) is 11.4. The highest BCUT2D eigenvalue weighted by Crippen LogP contribution is 2.18. The highest BCUT2D eigenvalue weighted by Gasteiger charge is 2.32. The van der Waals surface area contributed by atoms with Crippen LogP contribution in [0.25, 0.3) is 0 Å². The van der Waals surface area contributed by atoms with E-state index < -0.39 is 0 Å². The Bertz CT molecular complexity index is 344. The van der Waals surface area contributed by atoms with E-state index in [4.69, 9.17) is 0 Å². The summed E-state index contributed by atoms with van der Waals surface area (Å²) < 4.78 is 3.26. The smallest absolute Gasteiger partial charge is 0.246 e. The molecule has 1 aromatic rings. The number of nitrogens with one attached hydrogen (secondary N) is 1. The summed E-state index contributed by atoms with van der Waals surface area (Å²) in [5, 5.41) is 0. The second-order valence-corrected chi connectivity index (χ2v) is 4.76. The minimum absolute atomic E-state index is 1.02. The molecule has 4 heteroatoms. The first-order chi connectivity index (χ1) is 7.74. The first kappa shape index (κ1) is 11.2. The lowest BCUT2D eigenvalue weighted by atomic mass is 10.3. The van der Waals surface area contributed by atoms with Gasteiger partial charge in [0.05, 0.1) is 12.7 Å². The van der Waals surface area contributed by atoms with Crippen LogP contribution in [0.5, 0.6) is 0 Å². The summed E-state index contributed by atoms with van der Waals surface area (Å²) in [5.74, 6) is 0. The van der Waals surface area contributed by atoms with Crippen LogP contribution in [-0.4, -0.2) is 34.6 Å². The van der Waals surface area contributed by atoms with E-state index >= 15 is 0 Å². The molecule has 2 rings (SSSR count). The molecular formula is C12H22N4+2. The molecule has 0 aliphatic carbocycles. The van der Waals surface area contributed by atoms with Gasteiger partial charge in [0.1, 0.15) is 18.6 Å². The SMILES string of the molecule is CCCC[N+]1(C[n+]2cc[nH]c2)C=CN(C)C1. The van der Waals surface area contributed by atoms with Crippen LogP contribution >= 0.6 is 0 Å². The van der Waals surface area contributed by atoms with Gasteiger partial charge in [-0.05, 0) is 6.42 Å². The van der Waals surface area contributed by atoms with E-state index in [2.05, 4.69) is 47.0 Å². The standard InChI is InChI=1S/C12H21N4/c1-3-4-8-16(9-7-14(2)11-16)12-15-6-5-13-10-15/h5-7,9-10H,3-4,8,11-12H2,1-2H3/q+1/p+1. The van der Waals surface area contributed by atoms with Gasteiger partial charge in [0.2, 0.25) is 13.0 Å². The summed E-state index contributed by atoms with van der Waals surface area (Å²) >= 11 is 0. The molecule has 4 nitrogen and oxygen atoms in total. The van der Waals surface area contributed by atoms with Crippen molar-refractivity contribution in [2.24, 2.45) is 0 Å². The molecule has 16 heavy (non-hydrogen) atoms. The number of imidazole rings is 1. The normalized spacial score (nSPS) is 24.2. The van der Waals surface area contributed by atoms with Crippen molar-refractivity contribution < 1.29 is 9.05 Å². The Labute approximate surface area is 97.4 Å². The van der Waals surface area contributed by atoms with Gasteiger partial charge < -0.3 is 4.90 Å². The van der Waals surface area contributed by atoms with Gasteiger partial charge in [0, 0.05) is 7.05 Å². The molecule has 0 bridgehead atoms. The molecule has 0 radical (unpaired) electrons. The molecule has 0 fully saturated rings. The molecular weight excluding hydrogens is 200 g/mol. The van der Waals surface area contributed by atoms with Gasteiger partial charge in [-0.3, -0.25) is 4.98 Å². The lowest BCUT2D eigenvalue weighted by Gasteiger charge is -2.30. The number of unbranched alkanes of at least 4 members (excludes halogenated alkanes) is 1. The van der Waals surface area contributed by atoms with Gasteiger partial charge in [-0.2, -0.15) is 4.57 Å². The number of quaternary nitrogens is 1. The molecule has 1 aromatic heterocycles. The van der Waals surface area contributed by atoms with E-state index in [0.29, 0.717) is 0 Å². The summed E-state index contributed by atoms with van der Waals surface area (Å²) in [4.78, 5) is 5.37. The molecule has 1 unspecified atom stereocenters. The number of nitrogens with zero attached hydrogens (tertiary/aromatic N) is 3. The predicted molar refractivity (Wildman–Crippen MR) is 62.8 cm³/mol. The third-order valence-electron chi connectivity index (χ3n) is 3.15. The Morgan fingerprint density at radius 1 is 1.50 bits per heavy atom. The van der Waals surface area contributed by atoms with Crippen molar-refractivity contribution in [1.82, 2.24) is 9.88 Å². The lowest BCUT2D eigenvalue weighted by molar-refractivity contribution is -1.02. The maximum atomic E-state index is 3.10. The minimum Gasteiger partial charge on any atom is -0.329 e. The first-order valence-electron chi connectivity index (χ1n) is 6.01. The monoisotopic (exact) mass is 222 g/mol. The highest BCUT2D eigenvalue weighted by atomic mass is 15.5. The van der Waals surface area contributed by atoms with E-state index in [0.717, 1.165) is 17.8 Å². The van der Waals surface area contributed by atoms with Crippen LogP contribution in [0.2, 0.25) is 0 Å². The molecule has 88 valence electrons. The molecule has 2 heterocycles. The van der Waals surface area contributed by atoms with Crippen molar-refractivity contribution in [1.29, 1.82) is 0 Å². The van der Waals surface area contributed by atoms with Crippen LogP contribution in [0, 0.1) is 0 Å². The molecule has 1 N–H and O–H groups in total. The lowest BCUT2D eigenvalue weighted by Crippen LogP contribution is -2.54. The fourth-order valence-electron chi connectivity index (χ4n) is 2.31.